The molecule has 0 saturated carbocycles. The topological polar surface area (TPSA) is 92.7 Å². The third kappa shape index (κ3) is 17.2. The molecular formula is C7H15NO5S. The monoisotopic (exact) mass is 225 g/mol. The fourth-order valence-electron chi connectivity index (χ4n) is 0.320. The summed E-state index contributed by atoms with van der Waals surface area (Å²) in [6, 6.07) is 0. The zero-order chi connectivity index (χ0) is 11.6. The Bertz CT molecular complexity index is 259. The van der Waals surface area contributed by atoms with Gasteiger partial charge < -0.3 is 5.32 Å². The summed E-state index contributed by atoms with van der Waals surface area (Å²) in [5.41, 5.74) is 0. The SMILES string of the molecule is C=CC(=O)NCCC.COS(=O)(=O)O. The summed E-state index contributed by atoms with van der Waals surface area (Å²) >= 11 is 0. The van der Waals surface area contributed by atoms with E-state index < -0.39 is 10.4 Å². The average Bonchev–Trinajstić information content (AvgIpc) is 2.14. The molecule has 0 rings (SSSR count). The van der Waals surface area contributed by atoms with E-state index in [1.165, 1.54) is 6.08 Å². The number of carbonyl (C=O) groups is 1. The van der Waals surface area contributed by atoms with Gasteiger partial charge in [-0.25, -0.2) is 0 Å². The van der Waals surface area contributed by atoms with Crippen LogP contribution in [0.15, 0.2) is 12.7 Å². The minimum atomic E-state index is -4.16. The van der Waals surface area contributed by atoms with Crippen LogP contribution < -0.4 is 5.32 Å². The highest BCUT2D eigenvalue weighted by atomic mass is 32.3. The van der Waals surface area contributed by atoms with Gasteiger partial charge in [-0.15, -0.1) is 0 Å². The molecule has 7 heteroatoms. The second-order valence-electron chi connectivity index (χ2n) is 2.09. The number of hydrogen-bond acceptors (Lipinski definition) is 4. The van der Waals surface area contributed by atoms with E-state index >= 15 is 0 Å². The average molecular weight is 225 g/mol. The molecule has 0 aliphatic carbocycles. The lowest BCUT2D eigenvalue weighted by atomic mass is 10.4. The van der Waals surface area contributed by atoms with Crippen LogP contribution in [-0.2, 0) is 19.4 Å². The van der Waals surface area contributed by atoms with Crippen molar-refractivity contribution in [2.24, 2.45) is 0 Å². The molecule has 0 radical (unpaired) electrons. The molecule has 84 valence electrons. The van der Waals surface area contributed by atoms with E-state index in [0.29, 0.717) is 0 Å². The van der Waals surface area contributed by atoms with Gasteiger partial charge in [-0.3, -0.25) is 13.5 Å². The maximum atomic E-state index is 10.3. The summed E-state index contributed by atoms with van der Waals surface area (Å²) in [4.78, 5) is 10.3. The lowest BCUT2D eigenvalue weighted by molar-refractivity contribution is -0.116. The van der Waals surface area contributed by atoms with Gasteiger partial charge in [0.15, 0.2) is 0 Å². The molecule has 0 aliphatic rings. The Morgan fingerprint density at radius 3 is 2.29 bits per heavy atom. The van der Waals surface area contributed by atoms with Crippen LogP contribution in [0.4, 0.5) is 0 Å². The molecule has 0 fully saturated rings. The van der Waals surface area contributed by atoms with Gasteiger partial charge in [0.25, 0.3) is 0 Å². The van der Waals surface area contributed by atoms with Crippen molar-refractivity contribution in [1.29, 1.82) is 0 Å². The van der Waals surface area contributed by atoms with E-state index in [0.717, 1.165) is 20.1 Å². The van der Waals surface area contributed by atoms with E-state index in [1.54, 1.807) is 0 Å². The molecular weight excluding hydrogens is 210 g/mol. The van der Waals surface area contributed by atoms with Crippen LogP contribution in [-0.4, -0.2) is 32.5 Å². The van der Waals surface area contributed by atoms with Crippen LogP contribution in [0.1, 0.15) is 13.3 Å². The number of carbonyl (C=O) groups excluding carboxylic acids is 1. The molecule has 6 nitrogen and oxygen atoms in total. The zero-order valence-electron chi connectivity index (χ0n) is 8.19. The summed E-state index contributed by atoms with van der Waals surface area (Å²) in [6.45, 7) is 6.05. The number of amides is 1. The Labute approximate surface area is 83.9 Å². The van der Waals surface area contributed by atoms with Gasteiger partial charge in [-0.2, -0.15) is 8.42 Å². The van der Waals surface area contributed by atoms with E-state index in [2.05, 4.69) is 16.1 Å². The normalized spacial score (nSPS) is 9.64. The van der Waals surface area contributed by atoms with Crippen molar-refractivity contribution in [3.8, 4) is 0 Å². The predicted octanol–water partition coefficient (Wildman–Crippen LogP) is 0.134. The number of rotatable bonds is 4. The molecule has 0 aromatic rings. The van der Waals surface area contributed by atoms with Crippen LogP contribution in [0.25, 0.3) is 0 Å². The van der Waals surface area contributed by atoms with Crippen molar-refractivity contribution in [2.75, 3.05) is 13.7 Å². The Kier molecular flexibility index (Phi) is 9.63. The van der Waals surface area contributed by atoms with Crippen LogP contribution >= 0.6 is 0 Å². The fourth-order valence-corrected chi connectivity index (χ4v) is 0.320. The predicted molar refractivity (Wildman–Crippen MR) is 52.1 cm³/mol. The molecule has 2 N–H and O–H groups in total. The summed E-state index contributed by atoms with van der Waals surface area (Å²) in [5.74, 6) is -0.0909. The molecule has 0 spiro atoms. The third-order valence-corrected chi connectivity index (χ3v) is 1.37. The standard InChI is InChI=1S/C6H11NO.CH4O4S/c1-3-5-7-6(8)4-2;1-5-6(2,3)4/h4H,2-3,5H2,1H3,(H,7,8);1H3,(H,2,3,4). The van der Waals surface area contributed by atoms with Crippen molar-refractivity contribution < 1.29 is 21.9 Å². The lowest BCUT2D eigenvalue weighted by Gasteiger charge is -1.94. The van der Waals surface area contributed by atoms with Crippen molar-refractivity contribution in [3.63, 3.8) is 0 Å². The first-order valence-electron chi connectivity index (χ1n) is 3.80. The maximum absolute atomic E-state index is 10.3. The molecule has 0 unspecified atom stereocenters. The minimum Gasteiger partial charge on any atom is -0.353 e. The highest BCUT2D eigenvalue weighted by molar-refractivity contribution is 7.80. The smallest absolute Gasteiger partial charge is 0.353 e. The van der Waals surface area contributed by atoms with E-state index in [4.69, 9.17) is 4.55 Å². The van der Waals surface area contributed by atoms with E-state index in [-0.39, 0.29) is 5.91 Å². The van der Waals surface area contributed by atoms with E-state index in [1.807, 2.05) is 6.92 Å². The van der Waals surface area contributed by atoms with Crippen LogP contribution in [0, 0.1) is 0 Å². The van der Waals surface area contributed by atoms with E-state index in [9.17, 15) is 13.2 Å². The molecule has 0 aromatic heterocycles. The fraction of sp³-hybridized carbons (Fsp3) is 0.571. The third-order valence-electron chi connectivity index (χ3n) is 0.945. The van der Waals surface area contributed by atoms with Crippen molar-refractivity contribution in [3.05, 3.63) is 12.7 Å². The van der Waals surface area contributed by atoms with Gasteiger partial charge in [0.05, 0.1) is 7.11 Å². The highest BCUT2D eigenvalue weighted by Crippen LogP contribution is 1.75. The van der Waals surface area contributed by atoms with Crippen molar-refractivity contribution in [1.82, 2.24) is 5.32 Å². The van der Waals surface area contributed by atoms with Gasteiger partial charge >= 0.3 is 10.4 Å². The van der Waals surface area contributed by atoms with Gasteiger partial charge in [0.1, 0.15) is 0 Å². The summed E-state index contributed by atoms with van der Waals surface area (Å²) in [7, 11) is -3.29. The Morgan fingerprint density at radius 2 is 2.07 bits per heavy atom. The van der Waals surface area contributed by atoms with Gasteiger partial charge in [0, 0.05) is 6.54 Å². The summed E-state index contributed by atoms with van der Waals surface area (Å²) in [5, 5.41) is 2.62. The first kappa shape index (κ1) is 15.5. The summed E-state index contributed by atoms with van der Waals surface area (Å²) in [6.07, 6.45) is 2.25. The van der Waals surface area contributed by atoms with Gasteiger partial charge in [-0.05, 0) is 12.5 Å². The van der Waals surface area contributed by atoms with Gasteiger partial charge in [-0.1, -0.05) is 13.5 Å². The molecule has 0 heterocycles. The van der Waals surface area contributed by atoms with Crippen LogP contribution in [0.5, 0.6) is 0 Å². The van der Waals surface area contributed by atoms with Gasteiger partial charge in [0.2, 0.25) is 5.91 Å². The van der Waals surface area contributed by atoms with Crippen LogP contribution in [0.2, 0.25) is 0 Å². The quantitative estimate of drug-likeness (QED) is 0.524. The highest BCUT2D eigenvalue weighted by Gasteiger charge is 1.94. The second kappa shape index (κ2) is 8.67. The largest absolute Gasteiger partial charge is 0.397 e. The minimum absolute atomic E-state index is 0.0909. The molecule has 0 aromatic carbocycles. The molecule has 1 amide bonds. The molecule has 0 aliphatic heterocycles. The van der Waals surface area contributed by atoms with Crippen molar-refractivity contribution in [2.45, 2.75) is 13.3 Å². The maximum Gasteiger partial charge on any atom is 0.397 e. The Hall–Kier alpha value is -0.920. The zero-order valence-corrected chi connectivity index (χ0v) is 9.00. The first-order valence-corrected chi connectivity index (χ1v) is 5.17. The molecule has 0 saturated heterocycles. The van der Waals surface area contributed by atoms with Crippen LogP contribution in [0.3, 0.4) is 0 Å². The molecule has 0 atom stereocenters. The second-order valence-corrected chi connectivity index (χ2v) is 3.28. The Morgan fingerprint density at radius 1 is 1.64 bits per heavy atom. The first-order chi connectivity index (χ1) is 6.37. The Balaban J connectivity index is 0. The lowest BCUT2D eigenvalue weighted by Crippen LogP contribution is -2.20. The summed E-state index contributed by atoms with van der Waals surface area (Å²) < 4.78 is 29.7. The number of hydrogen-bond donors (Lipinski definition) is 2. The number of nitrogens with one attached hydrogen (secondary N) is 1. The molecule has 14 heavy (non-hydrogen) atoms. The van der Waals surface area contributed by atoms with Crippen molar-refractivity contribution >= 4 is 16.3 Å². The molecule has 0 bridgehead atoms.